The number of carbonyl (C=O) groups excluding carboxylic acids is 2. The molecule has 1 aliphatic rings. The average Bonchev–Trinajstić information content (AvgIpc) is 3.26. The van der Waals surface area contributed by atoms with Crippen molar-refractivity contribution in [3.63, 3.8) is 0 Å². The van der Waals surface area contributed by atoms with Gasteiger partial charge in [0.1, 0.15) is 6.04 Å². The van der Waals surface area contributed by atoms with E-state index in [1.165, 1.54) is 30.6 Å². The average molecular weight is 463 g/mol. The van der Waals surface area contributed by atoms with Gasteiger partial charge in [0.15, 0.2) is 0 Å². The molecule has 0 aliphatic heterocycles. The molecule has 2 atom stereocenters. The van der Waals surface area contributed by atoms with Crippen LogP contribution in [0.2, 0.25) is 5.02 Å². The van der Waals surface area contributed by atoms with Crippen LogP contribution in [0, 0.1) is 12.8 Å². The molecule has 0 bridgehead atoms. The SMILES string of the molecule is CNC(=O)[C@H](CC1CCCCC1)NC(=O)c1ccc([C@H](C)Nc2cc(Cl)cnc2C)s1. The molecule has 2 heterocycles. The van der Waals surface area contributed by atoms with E-state index in [2.05, 4.69) is 20.9 Å². The first-order valence-corrected chi connectivity index (χ1v) is 12.1. The van der Waals surface area contributed by atoms with Crippen LogP contribution in [0.25, 0.3) is 0 Å². The lowest BCUT2D eigenvalue weighted by molar-refractivity contribution is -0.123. The van der Waals surface area contributed by atoms with Gasteiger partial charge in [0.05, 0.1) is 27.3 Å². The Morgan fingerprint density at radius 1 is 1.26 bits per heavy atom. The maximum Gasteiger partial charge on any atom is 0.262 e. The number of carbonyl (C=O) groups is 2. The highest BCUT2D eigenvalue weighted by Gasteiger charge is 2.26. The van der Waals surface area contributed by atoms with E-state index in [0.717, 1.165) is 29.1 Å². The van der Waals surface area contributed by atoms with Crippen molar-refractivity contribution in [1.29, 1.82) is 0 Å². The molecule has 6 nitrogen and oxygen atoms in total. The zero-order chi connectivity index (χ0) is 22.4. The number of halogens is 1. The van der Waals surface area contributed by atoms with Crippen LogP contribution in [-0.2, 0) is 4.79 Å². The second-order valence-corrected chi connectivity index (χ2v) is 9.79. The first kappa shape index (κ1) is 23.5. The summed E-state index contributed by atoms with van der Waals surface area (Å²) >= 11 is 7.49. The summed E-state index contributed by atoms with van der Waals surface area (Å²) < 4.78 is 0. The van der Waals surface area contributed by atoms with E-state index in [1.54, 1.807) is 13.2 Å². The number of pyridine rings is 1. The second kappa shape index (κ2) is 11.0. The van der Waals surface area contributed by atoms with Crippen molar-refractivity contribution in [2.24, 2.45) is 5.92 Å². The number of nitrogens with one attached hydrogen (secondary N) is 3. The molecule has 0 spiro atoms. The van der Waals surface area contributed by atoms with Gasteiger partial charge in [-0.15, -0.1) is 11.3 Å². The number of aromatic nitrogens is 1. The van der Waals surface area contributed by atoms with E-state index in [-0.39, 0.29) is 17.9 Å². The third-order valence-corrected chi connectivity index (χ3v) is 7.34. The summed E-state index contributed by atoms with van der Waals surface area (Å²) in [5, 5.41) is 9.64. The minimum Gasteiger partial charge on any atom is -0.376 e. The molecule has 2 amide bonds. The van der Waals surface area contributed by atoms with Gasteiger partial charge in [-0.1, -0.05) is 43.7 Å². The minimum absolute atomic E-state index is 0.0116. The van der Waals surface area contributed by atoms with E-state index < -0.39 is 6.04 Å². The van der Waals surface area contributed by atoms with Crippen molar-refractivity contribution in [2.45, 2.75) is 64.5 Å². The van der Waals surface area contributed by atoms with Crippen LogP contribution in [-0.4, -0.2) is 29.9 Å². The van der Waals surface area contributed by atoms with Crippen LogP contribution in [0.3, 0.4) is 0 Å². The largest absolute Gasteiger partial charge is 0.376 e. The normalized spacial score (nSPS) is 16.4. The Kier molecular flexibility index (Phi) is 8.32. The molecule has 3 N–H and O–H groups in total. The quantitative estimate of drug-likeness (QED) is 0.510. The van der Waals surface area contributed by atoms with Crippen molar-refractivity contribution in [1.82, 2.24) is 15.6 Å². The number of amides is 2. The molecule has 168 valence electrons. The number of rotatable bonds is 8. The summed E-state index contributed by atoms with van der Waals surface area (Å²) in [6.45, 7) is 3.95. The number of aryl methyl sites for hydroxylation is 1. The smallest absolute Gasteiger partial charge is 0.262 e. The summed E-state index contributed by atoms with van der Waals surface area (Å²) in [7, 11) is 1.62. The molecule has 0 radical (unpaired) electrons. The molecule has 1 aliphatic carbocycles. The van der Waals surface area contributed by atoms with Crippen LogP contribution < -0.4 is 16.0 Å². The molecule has 2 aromatic heterocycles. The molecular formula is C23H31ClN4O2S. The lowest BCUT2D eigenvalue weighted by Crippen LogP contribution is -2.46. The fourth-order valence-electron chi connectivity index (χ4n) is 4.06. The number of nitrogens with zero attached hydrogens (tertiary/aromatic N) is 1. The lowest BCUT2D eigenvalue weighted by Gasteiger charge is -2.26. The van der Waals surface area contributed by atoms with Crippen molar-refractivity contribution in [2.75, 3.05) is 12.4 Å². The number of anilines is 1. The van der Waals surface area contributed by atoms with Gasteiger partial charge >= 0.3 is 0 Å². The van der Waals surface area contributed by atoms with Crippen LogP contribution in [0.5, 0.6) is 0 Å². The van der Waals surface area contributed by atoms with E-state index in [4.69, 9.17) is 11.6 Å². The van der Waals surface area contributed by atoms with Gasteiger partial charge in [0, 0.05) is 18.1 Å². The number of hydrogen-bond donors (Lipinski definition) is 3. The Hall–Kier alpha value is -2.12. The van der Waals surface area contributed by atoms with E-state index in [1.807, 2.05) is 32.0 Å². The molecule has 0 unspecified atom stereocenters. The fourth-order valence-corrected chi connectivity index (χ4v) is 5.13. The van der Waals surface area contributed by atoms with Crippen LogP contribution in [0.4, 0.5) is 5.69 Å². The molecule has 3 rings (SSSR count). The van der Waals surface area contributed by atoms with E-state index in [0.29, 0.717) is 22.2 Å². The Morgan fingerprint density at radius 3 is 2.71 bits per heavy atom. The summed E-state index contributed by atoms with van der Waals surface area (Å²) in [6, 6.07) is 5.10. The van der Waals surface area contributed by atoms with Gasteiger partial charge in [-0.3, -0.25) is 14.6 Å². The molecule has 0 saturated heterocycles. The molecule has 1 fully saturated rings. The highest BCUT2D eigenvalue weighted by Crippen LogP contribution is 2.29. The van der Waals surface area contributed by atoms with Gasteiger partial charge in [-0.05, 0) is 44.4 Å². The van der Waals surface area contributed by atoms with E-state index in [9.17, 15) is 9.59 Å². The molecule has 31 heavy (non-hydrogen) atoms. The number of likely N-dealkylation sites (N-methyl/N-ethyl adjacent to an activating group) is 1. The Labute approximate surface area is 193 Å². The van der Waals surface area contributed by atoms with Crippen LogP contribution >= 0.6 is 22.9 Å². The monoisotopic (exact) mass is 462 g/mol. The van der Waals surface area contributed by atoms with Crippen molar-refractivity contribution < 1.29 is 9.59 Å². The highest BCUT2D eigenvalue weighted by molar-refractivity contribution is 7.14. The topological polar surface area (TPSA) is 83.1 Å². The maximum absolute atomic E-state index is 12.9. The molecular weight excluding hydrogens is 432 g/mol. The molecule has 8 heteroatoms. The zero-order valence-corrected chi connectivity index (χ0v) is 19.9. The zero-order valence-electron chi connectivity index (χ0n) is 18.3. The summed E-state index contributed by atoms with van der Waals surface area (Å²) in [4.78, 5) is 31.2. The van der Waals surface area contributed by atoms with Gasteiger partial charge < -0.3 is 16.0 Å². The van der Waals surface area contributed by atoms with E-state index >= 15 is 0 Å². The van der Waals surface area contributed by atoms with Gasteiger partial charge in [0.2, 0.25) is 5.91 Å². The second-order valence-electron chi connectivity index (χ2n) is 8.23. The van der Waals surface area contributed by atoms with Crippen molar-refractivity contribution in [3.05, 3.63) is 44.9 Å². The van der Waals surface area contributed by atoms with Crippen molar-refractivity contribution in [3.8, 4) is 0 Å². The number of thiophene rings is 1. The Morgan fingerprint density at radius 2 is 2.00 bits per heavy atom. The molecule has 0 aromatic carbocycles. The summed E-state index contributed by atoms with van der Waals surface area (Å²) in [6.07, 6.45) is 8.27. The predicted octanol–water partition coefficient (Wildman–Crippen LogP) is 5.09. The standard InChI is InChI=1S/C23H31ClN4O2S/c1-14-18(12-17(24)13-26-14)27-15(2)20-9-10-21(31-20)23(30)28-19(22(29)25-3)11-16-7-5-4-6-8-16/h9-10,12-13,15-16,19,27H,4-8,11H2,1-3H3,(H,25,29)(H,28,30)/t15-,19-/m0/s1. The first-order valence-electron chi connectivity index (χ1n) is 10.9. The third kappa shape index (κ3) is 6.43. The Bertz CT molecular complexity index is 911. The van der Waals surface area contributed by atoms with Crippen LogP contribution in [0.15, 0.2) is 24.4 Å². The maximum atomic E-state index is 12.9. The molecule has 2 aromatic rings. The highest BCUT2D eigenvalue weighted by atomic mass is 35.5. The fraction of sp³-hybridized carbons (Fsp3) is 0.522. The molecule has 1 saturated carbocycles. The third-order valence-electron chi connectivity index (χ3n) is 5.86. The van der Waals surface area contributed by atoms with Gasteiger partial charge in [-0.25, -0.2) is 0 Å². The van der Waals surface area contributed by atoms with Gasteiger partial charge in [-0.2, -0.15) is 0 Å². The number of hydrogen-bond acceptors (Lipinski definition) is 5. The minimum atomic E-state index is -0.498. The first-order chi connectivity index (χ1) is 14.9. The summed E-state index contributed by atoms with van der Waals surface area (Å²) in [5.41, 5.74) is 1.73. The van der Waals surface area contributed by atoms with Crippen LogP contribution in [0.1, 0.15) is 71.7 Å². The summed E-state index contributed by atoms with van der Waals surface area (Å²) in [5.74, 6) is 0.164. The van der Waals surface area contributed by atoms with Gasteiger partial charge in [0.25, 0.3) is 5.91 Å². The lowest BCUT2D eigenvalue weighted by atomic mass is 9.84. The Balaban J connectivity index is 1.64. The van der Waals surface area contributed by atoms with Crippen molar-refractivity contribution >= 4 is 40.4 Å². The predicted molar refractivity (Wildman–Crippen MR) is 127 cm³/mol.